The summed E-state index contributed by atoms with van der Waals surface area (Å²) in [4.78, 5) is 11.2. The number of benzene rings is 2. The van der Waals surface area contributed by atoms with Gasteiger partial charge in [-0.3, -0.25) is 0 Å². The normalized spacial score (nSPS) is 11.3. The lowest BCUT2D eigenvalue weighted by Crippen LogP contribution is -2.23. The van der Waals surface area contributed by atoms with Crippen LogP contribution in [-0.2, 0) is 4.79 Å². The maximum Gasteiger partial charge on any atom is 0.0721 e. The van der Waals surface area contributed by atoms with Crippen molar-refractivity contribution in [1.29, 1.82) is 0 Å². The van der Waals surface area contributed by atoms with Crippen LogP contribution in [-0.4, -0.2) is 5.97 Å². The molecule has 0 amide bonds. The predicted octanol–water partition coefficient (Wildman–Crippen LogP) is 2.74. The minimum absolute atomic E-state index is 0.169. The quantitative estimate of drug-likeness (QED) is 0.646. The Hall–Kier alpha value is -1.87. The molecule has 2 aromatic carbocycles. The second kappa shape index (κ2) is 5.65. The Morgan fingerprint density at radius 2 is 1.61 bits per heavy atom. The van der Waals surface area contributed by atoms with Crippen LogP contribution in [0.15, 0.2) is 59.1 Å². The van der Waals surface area contributed by atoms with Gasteiger partial charge in [0.15, 0.2) is 0 Å². The van der Waals surface area contributed by atoms with Crippen LogP contribution in [0.3, 0.4) is 0 Å². The van der Waals surface area contributed by atoms with Crippen LogP contribution in [0.2, 0.25) is 0 Å². The smallest absolute Gasteiger partial charge is 0.0721 e. The topological polar surface area (TPSA) is 40.1 Å². The first-order valence-corrected chi connectivity index (χ1v) is 6.21. The van der Waals surface area contributed by atoms with Crippen molar-refractivity contribution in [3.8, 4) is 0 Å². The van der Waals surface area contributed by atoms with Crippen molar-refractivity contribution in [2.75, 3.05) is 0 Å². The zero-order chi connectivity index (χ0) is 13.0. The van der Waals surface area contributed by atoms with E-state index in [-0.39, 0.29) is 5.57 Å². The van der Waals surface area contributed by atoms with E-state index in [0.29, 0.717) is 5.56 Å². The first-order chi connectivity index (χ1) is 8.68. The van der Waals surface area contributed by atoms with Gasteiger partial charge in [0, 0.05) is 10.0 Å². The standard InChI is InChI=1S/C15H11BrO2/c16-14-9-5-4-8-12(14)10-13(15(17)18)11-6-2-1-3-7-11/h1-10H,(H,17,18)/p-1/b13-10-. The molecule has 18 heavy (non-hydrogen) atoms. The molecule has 0 N–H and O–H groups in total. The van der Waals surface area contributed by atoms with Crippen molar-refractivity contribution in [3.05, 3.63) is 70.2 Å². The number of hydrogen-bond donors (Lipinski definition) is 0. The van der Waals surface area contributed by atoms with E-state index in [1.54, 1.807) is 30.3 Å². The number of aliphatic carboxylic acids is 1. The SMILES string of the molecule is O=C([O-])/C(=C\c1ccccc1Br)c1ccccc1. The first-order valence-electron chi connectivity index (χ1n) is 5.41. The zero-order valence-electron chi connectivity index (χ0n) is 9.47. The lowest BCUT2D eigenvalue weighted by molar-refractivity contribution is -0.295. The average molecular weight is 302 g/mol. The maximum atomic E-state index is 11.2. The Bertz CT molecular complexity index is 588. The lowest BCUT2D eigenvalue weighted by atomic mass is 10.0. The molecular weight excluding hydrogens is 292 g/mol. The van der Waals surface area contributed by atoms with Gasteiger partial charge in [-0.05, 0) is 23.3 Å². The number of rotatable bonds is 3. The molecule has 0 spiro atoms. The predicted molar refractivity (Wildman–Crippen MR) is 73.5 cm³/mol. The van der Waals surface area contributed by atoms with E-state index in [2.05, 4.69) is 15.9 Å². The second-order valence-electron chi connectivity index (χ2n) is 3.73. The van der Waals surface area contributed by atoms with Crippen molar-refractivity contribution in [2.24, 2.45) is 0 Å². The number of carboxylic acids is 1. The minimum atomic E-state index is -1.18. The van der Waals surface area contributed by atoms with E-state index in [0.717, 1.165) is 10.0 Å². The monoisotopic (exact) mass is 301 g/mol. The lowest BCUT2D eigenvalue weighted by Gasteiger charge is -2.09. The van der Waals surface area contributed by atoms with Gasteiger partial charge < -0.3 is 9.90 Å². The Morgan fingerprint density at radius 1 is 1.00 bits per heavy atom. The highest BCUT2D eigenvalue weighted by Crippen LogP contribution is 2.23. The van der Waals surface area contributed by atoms with Gasteiger partial charge >= 0.3 is 0 Å². The van der Waals surface area contributed by atoms with Gasteiger partial charge in [0.05, 0.1) is 5.97 Å². The summed E-state index contributed by atoms with van der Waals surface area (Å²) in [6.07, 6.45) is 1.61. The van der Waals surface area contributed by atoms with E-state index in [1.807, 2.05) is 30.3 Å². The number of carbonyl (C=O) groups excluding carboxylic acids is 1. The molecule has 0 aliphatic heterocycles. The van der Waals surface area contributed by atoms with Crippen molar-refractivity contribution in [3.63, 3.8) is 0 Å². The molecular formula is C15H10BrO2-. The minimum Gasteiger partial charge on any atom is -0.545 e. The molecule has 0 aliphatic carbocycles. The van der Waals surface area contributed by atoms with Crippen molar-refractivity contribution in [2.45, 2.75) is 0 Å². The highest BCUT2D eigenvalue weighted by atomic mass is 79.9. The van der Waals surface area contributed by atoms with E-state index >= 15 is 0 Å². The third-order valence-corrected chi connectivity index (χ3v) is 3.23. The molecule has 0 bridgehead atoms. The van der Waals surface area contributed by atoms with Crippen LogP contribution < -0.4 is 5.11 Å². The van der Waals surface area contributed by atoms with Crippen molar-refractivity contribution >= 4 is 33.5 Å². The molecule has 0 saturated carbocycles. The Kier molecular flexibility index (Phi) is 3.95. The summed E-state index contributed by atoms with van der Waals surface area (Å²) in [5.74, 6) is -1.18. The van der Waals surface area contributed by atoms with E-state index < -0.39 is 5.97 Å². The summed E-state index contributed by atoms with van der Waals surface area (Å²) >= 11 is 3.39. The Balaban J connectivity index is 2.50. The van der Waals surface area contributed by atoms with Crippen molar-refractivity contribution in [1.82, 2.24) is 0 Å². The fourth-order valence-electron chi connectivity index (χ4n) is 1.63. The third-order valence-electron chi connectivity index (χ3n) is 2.51. The zero-order valence-corrected chi connectivity index (χ0v) is 11.1. The highest BCUT2D eigenvalue weighted by molar-refractivity contribution is 9.10. The van der Waals surface area contributed by atoms with Crippen molar-refractivity contribution < 1.29 is 9.90 Å². The summed E-state index contributed by atoms with van der Waals surface area (Å²) in [5.41, 5.74) is 1.61. The molecule has 0 heterocycles. The van der Waals surface area contributed by atoms with Crippen LogP contribution in [0.4, 0.5) is 0 Å². The van der Waals surface area contributed by atoms with Gasteiger partial charge in [0.2, 0.25) is 0 Å². The largest absolute Gasteiger partial charge is 0.545 e. The van der Waals surface area contributed by atoms with E-state index in [4.69, 9.17) is 0 Å². The molecule has 3 heteroatoms. The molecule has 2 nitrogen and oxygen atoms in total. The summed E-state index contributed by atoms with van der Waals surface area (Å²) < 4.78 is 0.847. The summed E-state index contributed by atoms with van der Waals surface area (Å²) in [7, 11) is 0. The summed E-state index contributed by atoms with van der Waals surface area (Å²) in [5, 5.41) is 11.2. The Labute approximate surface area is 114 Å². The molecule has 2 rings (SSSR count). The van der Waals surface area contributed by atoms with Gasteiger partial charge in [0.25, 0.3) is 0 Å². The van der Waals surface area contributed by atoms with Crippen LogP contribution >= 0.6 is 15.9 Å². The van der Waals surface area contributed by atoms with E-state index in [1.165, 1.54) is 0 Å². The van der Waals surface area contributed by atoms with E-state index in [9.17, 15) is 9.90 Å². The van der Waals surface area contributed by atoms with Crippen LogP contribution in [0.5, 0.6) is 0 Å². The molecule has 0 fully saturated rings. The Morgan fingerprint density at radius 3 is 2.22 bits per heavy atom. The number of carbonyl (C=O) groups is 1. The van der Waals surface area contributed by atoms with Crippen LogP contribution in [0, 0.1) is 0 Å². The maximum absolute atomic E-state index is 11.2. The molecule has 0 aromatic heterocycles. The summed E-state index contributed by atoms with van der Waals surface area (Å²) in [6, 6.07) is 16.4. The molecule has 0 atom stereocenters. The number of halogens is 1. The average Bonchev–Trinajstić information content (AvgIpc) is 2.38. The van der Waals surface area contributed by atoms with Gasteiger partial charge in [-0.15, -0.1) is 0 Å². The summed E-state index contributed by atoms with van der Waals surface area (Å²) in [6.45, 7) is 0. The third kappa shape index (κ3) is 2.87. The van der Waals surface area contributed by atoms with Gasteiger partial charge in [-0.25, -0.2) is 0 Å². The molecule has 2 aromatic rings. The van der Waals surface area contributed by atoms with Gasteiger partial charge in [-0.1, -0.05) is 64.5 Å². The van der Waals surface area contributed by atoms with Crippen LogP contribution in [0.25, 0.3) is 11.6 Å². The second-order valence-corrected chi connectivity index (χ2v) is 4.59. The molecule has 0 unspecified atom stereocenters. The molecule has 0 radical (unpaired) electrons. The fraction of sp³-hybridized carbons (Fsp3) is 0. The van der Waals surface area contributed by atoms with Gasteiger partial charge in [-0.2, -0.15) is 0 Å². The first kappa shape index (κ1) is 12.6. The highest BCUT2D eigenvalue weighted by Gasteiger charge is 2.04. The van der Waals surface area contributed by atoms with Crippen LogP contribution in [0.1, 0.15) is 11.1 Å². The molecule has 90 valence electrons. The fourth-order valence-corrected chi connectivity index (χ4v) is 2.02. The molecule has 0 saturated heterocycles. The van der Waals surface area contributed by atoms with Gasteiger partial charge in [0.1, 0.15) is 0 Å². The number of hydrogen-bond acceptors (Lipinski definition) is 2. The number of carboxylic acid groups (broad SMARTS) is 1. The molecule has 0 aliphatic rings.